The molecule has 4 atom stereocenters. The Morgan fingerprint density at radius 2 is 2.08 bits per heavy atom. The summed E-state index contributed by atoms with van der Waals surface area (Å²) in [4.78, 5) is 0. The molecule has 4 nitrogen and oxygen atoms in total. The maximum Gasteiger partial charge on any atom is 0.119 e. The van der Waals surface area contributed by atoms with Crippen LogP contribution in [-0.2, 0) is 4.74 Å². The fraction of sp³-hybridized carbons (Fsp3) is 1.00. The molecule has 1 rings (SSSR count). The van der Waals surface area contributed by atoms with E-state index in [0.29, 0.717) is 6.42 Å². The zero-order valence-electron chi connectivity index (χ0n) is 7.40. The van der Waals surface area contributed by atoms with E-state index in [1.54, 1.807) is 13.8 Å². The Morgan fingerprint density at radius 3 is 2.50 bits per heavy atom. The molecule has 1 aliphatic rings. The van der Waals surface area contributed by atoms with E-state index in [4.69, 9.17) is 4.74 Å². The van der Waals surface area contributed by atoms with Gasteiger partial charge in [-0.2, -0.15) is 0 Å². The number of hydrogen-bond acceptors (Lipinski definition) is 4. The Bertz CT molecular complexity index is 161. The van der Waals surface area contributed by atoms with Crippen LogP contribution < -0.4 is 0 Å². The summed E-state index contributed by atoms with van der Waals surface area (Å²) < 4.78 is 5.11. The Morgan fingerprint density at radius 1 is 1.50 bits per heavy atom. The van der Waals surface area contributed by atoms with E-state index in [-0.39, 0.29) is 6.61 Å². The molecule has 0 amide bonds. The Kier molecular flexibility index (Phi) is 2.73. The van der Waals surface area contributed by atoms with Gasteiger partial charge in [0.05, 0.1) is 12.7 Å². The highest BCUT2D eigenvalue weighted by molar-refractivity contribution is 4.97. The number of rotatable bonds is 1. The Balaban J connectivity index is 2.78. The summed E-state index contributed by atoms with van der Waals surface area (Å²) in [6.45, 7) is 3.53. The van der Waals surface area contributed by atoms with Crippen LogP contribution in [0.15, 0.2) is 0 Å². The van der Waals surface area contributed by atoms with Gasteiger partial charge in [0.1, 0.15) is 17.8 Å². The van der Waals surface area contributed by atoms with E-state index in [0.717, 1.165) is 0 Å². The molecule has 0 aromatic rings. The van der Waals surface area contributed by atoms with Crippen molar-refractivity contribution in [3.8, 4) is 0 Å². The third-order valence-corrected chi connectivity index (χ3v) is 2.66. The lowest BCUT2D eigenvalue weighted by Crippen LogP contribution is -2.61. The van der Waals surface area contributed by atoms with Gasteiger partial charge in [-0.3, -0.25) is 0 Å². The molecule has 1 fully saturated rings. The third-order valence-electron chi connectivity index (χ3n) is 2.66. The normalized spacial score (nSPS) is 49.2. The number of hydrogen-bond donors (Lipinski definition) is 3. The summed E-state index contributed by atoms with van der Waals surface area (Å²) in [5.41, 5.74) is -1.31. The lowest BCUT2D eigenvalue weighted by Gasteiger charge is -2.43. The molecule has 0 aliphatic carbocycles. The van der Waals surface area contributed by atoms with Crippen LogP contribution in [0.1, 0.15) is 20.3 Å². The summed E-state index contributed by atoms with van der Waals surface area (Å²) in [5.74, 6) is 0. The van der Waals surface area contributed by atoms with Crippen molar-refractivity contribution in [3.63, 3.8) is 0 Å². The van der Waals surface area contributed by atoms with Crippen molar-refractivity contribution in [1.82, 2.24) is 0 Å². The molecule has 4 heteroatoms. The number of aliphatic hydroxyl groups excluding tert-OH is 2. The molecular weight excluding hydrogens is 160 g/mol. The van der Waals surface area contributed by atoms with Gasteiger partial charge in [0, 0.05) is 0 Å². The van der Waals surface area contributed by atoms with Crippen LogP contribution in [0.2, 0.25) is 0 Å². The van der Waals surface area contributed by atoms with Crippen LogP contribution in [-0.4, -0.2) is 45.8 Å². The standard InChI is InChI=1S/C8H16O4/c1-3-8(11)5(2)12-4-6(9)7(8)10/h5-7,9-11H,3-4H2,1-2H3/t5?,6?,7-,8-/m1/s1. The summed E-state index contributed by atoms with van der Waals surface area (Å²) in [6.07, 6.45) is -2.15. The summed E-state index contributed by atoms with van der Waals surface area (Å²) in [7, 11) is 0. The predicted molar refractivity (Wildman–Crippen MR) is 42.7 cm³/mol. The SMILES string of the molecule is CC[C@@]1(O)C(C)OCC(O)[C@H]1O. The van der Waals surface area contributed by atoms with Gasteiger partial charge in [0.2, 0.25) is 0 Å². The summed E-state index contributed by atoms with van der Waals surface area (Å²) in [5, 5.41) is 28.6. The highest BCUT2D eigenvalue weighted by atomic mass is 16.5. The monoisotopic (exact) mass is 176 g/mol. The van der Waals surface area contributed by atoms with Crippen LogP contribution in [0.25, 0.3) is 0 Å². The van der Waals surface area contributed by atoms with Gasteiger partial charge >= 0.3 is 0 Å². The highest BCUT2D eigenvalue weighted by Crippen LogP contribution is 2.28. The quantitative estimate of drug-likeness (QED) is 0.492. The lowest BCUT2D eigenvalue weighted by molar-refractivity contribution is -0.238. The molecule has 1 heterocycles. The first-order valence-corrected chi connectivity index (χ1v) is 4.22. The predicted octanol–water partition coefficient (Wildman–Crippen LogP) is -0.732. The smallest absolute Gasteiger partial charge is 0.119 e. The van der Waals surface area contributed by atoms with Crippen molar-refractivity contribution >= 4 is 0 Å². The van der Waals surface area contributed by atoms with Gasteiger partial charge in [0.25, 0.3) is 0 Å². The van der Waals surface area contributed by atoms with Gasteiger partial charge < -0.3 is 20.1 Å². The maximum absolute atomic E-state index is 9.85. The van der Waals surface area contributed by atoms with E-state index in [1.165, 1.54) is 0 Å². The largest absolute Gasteiger partial charge is 0.388 e. The Labute approximate surface area is 71.8 Å². The van der Waals surface area contributed by atoms with Crippen molar-refractivity contribution in [1.29, 1.82) is 0 Å². The molecule has 72 valence electrons. The van der Waals surface area contributed by atoms with Crippen LogP contribution in [0.4, 0.5) is 0 Å². The van der Waals surface area contributed by atoms with Gasteiger partial charge in [-0.15, -0.1) is 0 Å². The van der Waals surface area contributed by atoms with E-state index in [2.05, 4.69) is 0 Å². The average Bonchev–Trinajstić information content (AvgIpc) is 2.08. The maximum atomic E-state index is 9.85. The van der Waals surface area contributed by atoms with Crippen molar-refractivity contribution < 1.29 is 20.1 Å². The van der Waals surface area contributed by atoms with E-state index >= 15 is 0 Å². The average molecular weight is 176 g/mol. The second kappa shape index (κ2) is 3.30. The zero-order valence-corrected chi connectivity index (χ0v) is 7.40. The van der Waals surface area contributed by atoms with Gasteiger partial charge in [-0.25, -0.2) is 0 Å². The molecule has 1 aliphatic heterocycles. The molecule has 1 saturated heterocycles. The van der Waals surface area contributed by atoms with Crippen LogP contribution in [0.3, 0.4) is 0 Å². The molecule has 2 unspecified atom stereocenters. The van der Waals surface area contributed by atoms with Gasteiger partial charge in [0.15, 0.2) is 0 Å². The zero-order chi connectivity index (χ0) is 9.35. The second-order valence-corrected chi connectivity index (χ2v) is 3.33. The molecule has 3 N–H and O–H groups in total. The molecule has 0 radical (unpaired) electrons. The topological polar surface area (TPSA) is 69.9 Å². The number of aliphatic hydroxyl groups is 3. The number of ether oxygens (including phenoxy) is 1. The highest BCUT2D eigenvalue weighted by Gasteiger charge is 2.47. The molecule has 0 aromatic heterocycles. The molecule has 0 bridgehead atoms. The van der Waals surface area contributed by atoms with Crippen molar-refractivity contribution in [2.75, 3.05) is 6.61 Å². The van der Waals surface area contributed by atoms with E-state index < -0.39 is 23.9 Å². The van der Waals surface area contributed by atoms with Crippen LogP contribution >= 0.6 is 0 Å². The minimum Gasteiger partial charge on any atom is -0.388 e. The van der Waals surface area contributed by atoms with Crippen LogP contribution in [0, 0.1) is 0 Å². The first-order chi connectivity index (χ1) is 5.52. The fourth-order valence-electron chi connectivity index (χ4n) is 1.55. The summed E-state index contributed by atoms with van der Waals surface area (Å²) >= 11 is 0. The third kappa shape index (κ3) is 1.35. The fourth-order valence-corrected chi connectivity index (χ4v) is 1.55. The first kappa shape index (κ1) is 9.92. The van der Waals surface area contributed by atoms with E-state index in [1.807, 2.05) is 0 Å². The minimum atomic E-state index is -1.31. The van der Waals surface area contributed by atoms with Crippen molar-refractivity contribution in [2.45, 2.75) is 44.2 Å². The molecule has 0 spiro atoms. The van der Waals surface area contributed by atoms with Gasteiger partial charge in [-0.05, 0) is 13.3 Å². The van der Waals surface area contributed by atoms with Crippen LogP contribution in [0.5, 0.6) is 0 Å². The van der Waals surface area contributed by atoms with Crippen molar-refractivity contribution in [2.24, 2.45) is 0 Å². The van der Waals surface area contributed by atoms with Crippen molar-refractivity contribution in [3.05, 3.63) is 0 Å². The first-order valence-electron chi connectivity index (χ1n) is 4.22. The summed E-state index contributed by atoms with van der Waals surface area (Å²) in [6, 6.07) is 0. The molecule has 0 saturated carbocycles. The minimum absolute atomic E-state index is 0.0879. The lowest BCUT2D eigenvalue weighted by atomic mass is 9.83. The second-order valence-electron chi connectivity index (χ2n) is 3.33. The molecule has 0 aromatic carbocycles. The molecular formula is C8H16O4. The molecule has 12 heavy (non-hydrogen) atoms. The van der Waals surface area contributed by atoms with Gasteiger partial charge in [-0.1, -0.05) is 6.92 Å². The Hall–Kier alpha value is -0.160. The van der Waals surface area contributed by atoms with E-state index in [9.17, 15) is 15.3 Å².